The number of unbranched alkanes of at least 4 members (excludes halogenated alkanes) is 3. The predicted molar refractivity (Wildman–Crippen MR) is 71.2 cm³/mol. The van der Waals surface area contributed by atoms with Gasteiger partial charge in [-0.1, -0.05) is 26.2 Å². The van der Waals surface area contributed by atoms with Gasteiger partial charge in [0.2, 0.25) is 5.88 Å². The summed E-state index contributed by atoms with van der Waals surface area (Å²) in [6, 6.07) is 2.05. The van der Waals surface area contributed by atoms with Crippen LogP contribution in [0.3, 0.4) is 0 Å². The SMILES string of the molecule is CCCCCCOc1nc(C)cc(C)c1CN. The first-order valence-electron chi connectivity index (χ1n) is 6.49. The van der Waals surface area contributed by atoms with Crippen molar-refractivity contribution in [3.63, 3.8) is 0 Å². The van der Waals surface area contributed by atoms with Gasteiger partial charge in [0.25, 0.3) is 0 Å². The molecule has 0 spiro atoms. The largest absolute Gasteiger partial charge is 0.477 e. The van der Waals surface area contributed by atoms with Gasteiger partial charge in [0.05, 0.1) is 6.61 Å². The van der Waals surface area contributed by atoms with Crippen LogP contribution in [0, 0.1) is 13.8 Å². The summed E-state index contributed by atoms with van der Waals surface area (Å²) in [5.41, 5.74) is 8.93. The van der Waals surface area contributed by atoms with Gasteiger partial charge >= 0.3 is 0 Å². The van der Waals surface area contributed by atoms with Gasteiger partial charge in [0, 0.05) is 17.8 Å². The van der Waals surface area contributed by atoms with Crippen molar-refractivity contribution in [3.05, 3.63) is 22.9 Å². The van der Waals surface area contributed by atoms with Gasteiger partial charge in [0.15, 0.2) is 0 Å². The molecule has 0 unspecified atom stereocenters. The minimum atomic E-state index is 0.489. The van der Waals surface area contributed by atoms with Crippen molar-refractivity contribution in [2.45, 2.75) is 53.0 Å². The molecule has 17 heavy (non-hydrogen) atoms. The lowest BCUT2D eigenvalue weighted by Gasteiger charge is -2.12. The fourth-order valence-electron chi connectivity index (χ4n) is 1.89. The minimum absolute atomic E-state index is 0.489. The maximum Gasteiger partial charge on any atom is 0.218 e. The summed E-state index contributed by atoms with van der Waals surface area (Å²) >= 11 is 0. The Morgan fingerprint density at radius 3 is 2.65 bits per heavy atom. The van der Waals surface area contributed by atoms with E-state index in [1.807, 2.05) is 13.0 Å². The highest BCUT2D eigenvalue weighted by atomic mass is 16.5. The molecule has 96 valence electrons. The van der Waals surface area contributed by atoms with Crippen LogP contribution in [0.25, 0.3) is 0 Å². The third-order valence-electron chi connectivity index (χ3n) is 2.88. The molecule has 0 aliphatic heterocycles. The maximum atomic E-state index is 5.75. The quantitative estimate of drug-likeness (QED) is 0.740. The first-order chi connectivity index (χ1) is 8.19. The van der Waals surface area contributed by atoms with Crippen molar-refractivity contribution in [1.82, 2.24) is 4.98 Å². The smallest absolute Gasteiger partial charge is 0.218 e. The van der Waals surface area contributed by atoms with Crippen molar-refractivity contribution in [1.29, 1.82) is 0 Å². The number of aryl methyl sites for hydroxylation is 2. The van der Waals surface area contributed by atoms with E-state index in [9.17, 15) is 0 Å². The topological polar surface area (TPSA) is 48.1 Å². The number of nitrogens with two attached hydrogens (primary N) is 1. The molecule has 0 saturated heterocycles. The Morgan fingerprint density at radius 1 is 1.24 bits per heavy atom. The number of pyridine rings is 1. The molecule has 0 bridgehead atoms. The molecule has 0 aromatic carbocycles. The fourth-order valence-corrected chi connectivity index (χ4v) is 1.89. The second-order valence-electron chi connectivity index (χ2n) is 4.48. The minimum Gasteiger partial charge on any atom is -0.477 e. The third kappa shape index (κ3) is 4.35. The lowest BCUT2D eigenvalue weighted by atomic mass is 10.1. The van der Waals surface area contributed by atoms with Gasteiger partial charge in [-0.05, 0) is 31.9 Å². The van der Waals surface area contributed by atoms with E-state index < -0.39 is 0 Å². The molecule has 1 heterocycles. The van der Waals surface area contributed by atoms with Crippen molar-refractivity contribution in [3.8, 4) is 5.88 Å². The Kier molecular flexibility index (Phi) is 5.98. The van der Waals surface area contributed by atoms with E-state index in [1.54, 1.807) is 0 Å². The van der Waals surface area contributed by atoms with E-state index in [0.29, 0.717) is 6.54 Å². The van der Waals surface area contributed by atoms with Crippen molar-refractivity contribution in [2.75, 3.05) is 6.61 Å². The number of rotatable bonds is 7. The van der Waals surface area contributed by atoms with Crippen LogP contribution in [-0.2, 0) is 6.54 Å². The summed E-state index contributed by atoms with van der Waals surface area (Å²) in [5, 5.41) is 0. The molecule has 0 aliphatic carbocycles. The second kappa shape index (κ2) is 7.28. The van der Waals surface area contributed by atoms with Crippen LogP contribution in [0.1, 0.15) is 49.4 Å². The molecule has 0 atom stereocenters. The van der Waals surface area contributed by atoms with E-state index in [1.165, 1.54) is 24.8 Å². The van der Waals surface area contributed by atoms with Gasteiger partial charge in [-0.3, -0.25) is 0 Å². The van der Waals surface area contributed by atoms with Crippen molar-refractivity contribution >= 4 is 0 Å². The average molecular weight is 236 g/mol. The molecule has 0 saturated carbocycles. The van der Waals surface area contributed by atoms with Crippen LogP contribution in [-0.4, -0.2) is 11.6 Å². The van der Waals surface area contributed by atoms with Gasteiger partial charge in [-0.2, -0.15) is 0 Å². The molecule has 0 aliphatic rings. The zero-order valence-corrected chi connectivity index (χ0v) is 11.3. The molecule has 1 rings (SSSR count). The molecule has 0 fully saturated rings. The lowest BCUT2D eigenvalue weighted by Crippen LogP contribution is -2.08. The standard InChI is InChI=1S/C14H24N2O/c1-4-5-6-7-8-17-14-13(10-15)11(2)9-12(3)16-14/h9H,4-8,10,15H2,1-3H3. The molecule has 1 aromatic rings. The Morgan fingerprint density at radius 2 is 2.00 bits per heavy atom. The van der Waals surface area contributed by atoms with Crippen LogP contribution < -0.4 is 10.5 Å². The van der Waals surface area contributed by atoms with Crippen LogP contribution in [0.2, 0.25) is 0 Å². The fraction of sp³-hybridized carbons (Fsp3) is 0.643. The Hall–Kier alpha value is -1.09. The molecule has 2 N–H and O–H groups in total. The number of hydrogen-bond acceptors (Lipinski definition) is 3. The predicted octanol–water partition coefficient (Wildman–Crippen LogP) is 3.12. The average Bonchev–Trinajstić information content (AvgIpc) is 2.28. The van der Waals surface area contributed by atoms with E-state index in [2.05, 4.69) is 18.8 Å². The van der Waals surface area contributed by atoms with E-state index in [4.69, 9.17) is 10.5 Å². The highest BCUT2D eigenvalue weighted by Crippen LogP contribution is 2.20. The van der Waals surface area contributed by atoms with Gasteiger partial charge in [-0.15, -0.1) is 0 Å². The molecule has 3 nitrogen and oxygen atoms in total. The molecule has 1 aromatic heterocycles. The second-order valence-corrected chi connectivity index (χ2v) is 4.48. The molecular weight excluding hydrogens is 212 g/mol. The summed E-state index contributed by atoms with van der Waals surface area (Å²) in [5.74, 6) is 0.724. The maximum absolute atomic E-state index is 5.75. The first kappa shape index (κ1) is 14.0. The van der Waals surface area contributed by atoms with Crippen molar-refractivity contribution < 1.29 is 4.74 Å². The highest BCUT2D eigenvalue weighted by Gasteiger charge is 2.08. The van der Waals surface area contributed by atoms with E-state index in [-0.39, 0.29) is 0 Å². The van der Waals surface area contributed by atoms with Gasteiger partial charge in [-0.25, -0.2) is 4.98 Å². The van der Waals surface area contributed by atoms with Gasteiger partial charge < -0.3 is 10.5 Å². The van der Waals surface area contributed by atoms with E-state index in [0.717, 1.165) is 30.2 Å². The Labute approximate surface area is 104 Å². The molecule has 3 heteroatoms. The normalized spacial score (nSPS) is 10.6. The summed E-state index contributed by atoms with van der Waals surface area (Å²) in [6.45, 7) is 7.48. The summed E-state index contributed by atoms with van der Waals surface area (Å²) in [6.07, 6.45) is 4.83. The summed E-state index contributed by atoms with van der Waals surface area (Å²) in [4.78, 5) is 4.42. The number of hydrogen-bond donors (Lipinski definition) is 1. The van der Waals surface area contributed by atoms with Crippen LogP contribution in [0.4, 0.5) is 0 Å². The monoisotopic (exact) mass is 236 g/mol. The Balaban J connectivity index is 2.57. The van der Waals surface area contributed by atoms with Crippen LogP contribution in [0.15, 0.2) is 6.07 Å². The number of aromatic nitrogens is 1. The van der Waals surface area contributed by atoms with Crippen LogP contribution >= 0.6 is 0 Å². The molecule has 0 amide bonds. The zero-order valence-electron chi connectivity index (χ0n) is 11.3. The number of ether oxygens (including phenoxy) is 1. The summed E-state index contributed by atoms with van der Waals surface area (Å²) < 4.78 is 5.75. The zero-order chi connectivity index (χ0) is 12.7. The highest BCUT2D eigenvalue weighted by molar-refractivity contribution is 5.35. The first-order valence-corrected chi connectivity index (χ1v) is 6.49. The number of nitrogens with zero attached hydrogens (tertiary/aromatic N) is 1. The summed E-state index contributed by atoms with van der Waals surface area (Å²) in [7, 11) is 0. The molecular formula is C14H24N2O. The lowest BCUT2D eigenvalue weighted by molar-refractivity contribution is 0.290. The molecule has 0 radical (unpaired) electrons. The Bertz CT molecular complexity index is 350. The van der Waals surface area contributed by atoms with Crippen LogP contribution in [0.5, 0.6) is 5.88 Å². The van der Waals surface area contributed by atoms with E-state index >= 15 is 0 Å². The third-order valence-corrected chi connectivity index (χ3v) is 2.88. The van der Waals surface area contributed by atoms with Gasteiger partial charge in [0.1, 0.15) is 0 Å². The van der Waals surface area contributed by atoms with Crippen molar-refractivity contribution in [2.24, 2.45) is 5.73 Å².